The van der Waals surface area contributed by atoms with Crippen LogP contribution in [0.5, 0.6) is 0 Å². The number of halogens is 2. The Morgan fingerprint density at radius 1 is 1.15 bits per heavy atom. The third-order valence-corrected chi connectivity index (χ3v) is 4.06. The smallest absolute Gasteiger partial charge is 0.169 e. The van der Waals surface area contributed by atoms with Crippen LogP contribution in [0.25, 0.3) is 16.6 Å². The summed E-state index contributed by atoms with van der Waals surface area (Å²) < 4.78 is 15.6. The predicted molar refractivity (Wildman–Crippen MR) is 96.1 cm³/mol. The van der Waals surface area contributed by atoms with Gasteiger partial charge in [-0.1, -0.05) is 23.7 Å². The van der Waals surface area contributed by atoms with Crippen molar-refractivity contribution in [2.24, 2.45) is 0 Å². The predicted octanol–water partition coefficient (Wildman–Crippen LogP) is 4.22. The second-order valence-corrected chi connectivity index (χ2v) is 5.79. The maximum atomic E-state index is 14.2. The Morgan fingerprint density at radius 2 is 2.04 bits per heavy atom. The van der Waals surface area contributed by atoms with Gasteiger partial charge >= 0.3 is 0 Å². The summed E-state index contributed by atoms with van der Waals surface area (Å²) in [5.41, 5.74) is 0.830. The summed E-state index contributed by atoms with van der Waals surface area (Å²) >= 11 is 6.23. The Balaban J connectivity index is 1.89. The average molecular weight is 365 g/mol. The van der Waals surface area contributed by atoms with E-state index >= 15 is 0 Å². The normalized spacial score (nSPS) is 10.7. The number of anilines is 2. The SMILES string of the molecule is N#Cc1cccc(Cl)c1-n1cc2c(Nc3ccccn3)ncc(F)c2n1. The summed E-state index contributed by atoms with van der Waals surface area (Å²) in [6.07, 6.45) is 4.30. The zero-order valence-corrected chi connectivity index (χ0v) is 13.9. The minimum Gasteiger partial charge on any atom is -0.324 e. The van der Waals surface area contributed by atoms with Gasteiger partial charge in [0, 0.05) is 12.4 Å². The highest BCUT2D eigenvalue weighted by Gasteiger charge is 2.16. The lowest BCUT2D eigenvalue weighted by Crippen LogP contribution is -1.99. The van der Waals surface area contributed by atoms with Gasteiger partial charge < -0.3 is 5.32 Å². The van der Waals surface area contributed by atoms with Gasteiger partial charge in [-0.3, -0.25) is 0 Å². The van der Waals surface area contributed by atoms with Crippen LogP contribution in [0.3, 0.4) is 0 Å². The van der Waals surface area contributed by atoms with Gasteiger partial charge in [-0.25, -0.2) is 19.0 Å². The fraction of sp³-hybridized carbons (Fsp3) is 0. The van der Waals surface area contributed by atoms with Crippen molar-refractivity contribution < 1.29 is 4.39 Å². The van der Waals surface area contributed by atoms with Crippen LogP contribution in [-0.4, -0.2) is 19.7 Å². The molecular weight excluding hydrogens is 355 g/mol. The van der Waals surface area contributed by atoms with Gasteiger partial charge in [0.05, 0.1) is 22.2 Å². The molecule has 4 rings (SSSR count). The minimum atomic E-state index is -0.573. The molecule has 0 saturated carbocycles. The van der Waals surface area contributed by atoms with E-state index in [4.69, 9.17) is 11.6 Å². The molecule has 0 aliphatic rings. The van der Waals surface area contributed by atoms with Crippen LogP contribution in [-0.2, 0) is 0 Å². The van der Waals surface area contributed by atoms with Crippen molar-refractivity contribution in [1.29, 1.82) is 5.26 Å². The third-order valence-electron chi connectivity index (χ3n) is 3.75. The number of fused-ring (bicyclic) bond motifs is 1. The summed E-state index contributed by atoms with van der Waals surface area (Å²) in [6.45, 7) is 0. The van der Waals surface area contributed by atoms with Gasteiger partial charge in [0.2, 0.25) is 0 Å². The van der Waals surface area contributed by atoms with E-state index in [1.165, 1.54) is 4.68 Å². The topological polar surface area (TPSA) is 79.4 Å². The van der Waals surface area contributed by atoms with E-state index in [1.807, 2.05) is 6.07 Å². The number of para-hydroxylation sites is 1. The molecule has 126 valence electrons. The van der Waals surface area contributed by atoms with E-state index in [2.05, 4.69) is 26.5 Å². The zero-order valence-electron chi connectivity index (χ0n) is 13.2. The van der Waals surface area contributed by atoms with Crippen molar-refractivity contribution in [1.82, 2.24) is 19.7 Å². The molecule has 6 nitrogen and oxygen atoms in total. The van der Waals surface area contributed by atoms with Crippen molar-refractivity contribution in [3.63, 3.8) is 0 Å². The molecule has 0 spiro atoms. The lowest BCUT2D eigenvalue weighted by molar-refractivity contribution is 0.629. The fourth-order valence-corrected chi connectivity index (χ4v) is 2.85. The monoisotopic (exact) mass is 364 g/mol. The molecule has 0 radical (unpaired) electrons. The number of nitrogens with zero attached hydrogens (tertiary/aromatic N) is 5. The molecule has 0 atom stereocenters. The van der Waals surface area contributed by atoms with Gasteiger partial charge in [-0.2, -0.15) is 10.4 Å². The summed E-state index contributed by atoms with van der Waals surface area (Å²) in [5, 5.41) is 17.4. The van der Waals surface area contributed by atoms with E-state index in [0.717, 1.165) is 6.20 Å². The molecule has 0 fully saturated rings. The van der Waals surface area contributed by atoms with Gasteiger partial charge in [0.15, 0.2) is 5.82 Å². The first-order chi connectivity index (χ1) is 12.7. The van der Waals surface area contributed by atoms with E-state index in [-0.39, 0.29) is 5.52 Å². The van der Waals surface area contributed by atoms with Crippen LogP contribution in [0, 0.1) is 17.1 Å². The Hall–Kier alpha value is -3.50. The molecular formula is C18H10ClFN6. The number of pyridine rings is 2. The Bertz CT molecular complexity index is 1150. The highest BCUT2D eigenvalue weighted by molar-refractivity contribution is 6.32. The number of hydrogen-bond acceptors (Lipinski definition) is 5. The van der Waals surface area contributed by atoms with Crippen molar-refractivity contribution in [2.45, 2.75) is 0 Å². The number of benzene rings is 1. The molecule has 4 aromatic rings. The number of nitrogens with one attached hydrogen (secondary N) is 1. The number of hydrogen-bond donors (Lipinski definition) is 1. The largest absolute Gasteiger partial charge is 0.324 e. The van der Waals surface area contributed by atoms with Gasteiger partial charge in [0.1, 0.15) is 28.9 Å². The van der Waals surface area contributed by atoms with Gasteiger partial charge in [0.25, 0.3) is 0 Å². The lowest BCUT2D eigenvalue weighted by Gasteiger charge is -2.06. The maximum absolute atomic E-state index is 14.2. The van der Waals surface area contributed by atoms with E-state index in [0.29, 0.717) is 33.3 Å². The maximum Gasteiger partial charge on any atom is 0.169 e. The molecule has 0 aliphatic heterocycles. The first-order valence-corrected chi connectivity index (χ1v) is 7.96. The number of aromatic nitrogens is 4. The van der Waals surface area contributed by atoms with Crippen molar-refractivity contribution in [2.75, 3.05) is 5.32 Å². The van der Waals surface area contributed by atoms with Crippen molar-refractivity contribution in [3.8, 4) is 11.8 Å². The van der Waals surface area contributed by atoms with Gasteiger partial charge in [-0.05, 0) is 24.3 Å². The molecule has 0 saturated heterocycles. The molecule has 8 heteroatoms. The second kappa shape index (κ2) is 6.43. The van der Waals surface area contributed by atoms with Crippen LogP contribution >= 0.6 is 11.6 Å². The highest BCUT2D eigenvalue weighted by atomic mass is 35.5. The minimum absolute atomic E-state index is 0.113. The standard InChI is InChI=1S/C18H10ClFN6/c19-13-5-3-4-11(8-21)17(13)26-10-12-16(25-26)14(20)9-23-18(12)24-15-6-1-2-7-22-15/h1-7,9-10H,(H,22,23,24). The summed E-state index contributed by atoms with van der Waals surface area (Å²) in [4.78, 5) is 8.27. The molecule has 1 N–H and O–H groups in total. The third kappa shape index (κ3) is 2.72. The first kappa shape index (κ1) is 16.0. The van der Waals surface area contributed by atoms with E-state index in [9.17, 15) is 9.65 Å². The van der Waals surface area contributed by atoms with E-state index in [1.54, 1.807) is 42.7 Å². The summed E-state index contributed by atoms with van der Waals surface area (Å²) in [5.74, 6) is 0.393. The van der Waals surface area contributed by atoms with Crippen LogP contribution in [0.4, 0.5) is 16.0 Å². The van der Waals surface area contributed by atoms with Crippen molar-refractivity contribution >= 4 is 34.1 Å². The van der Waals surface area contributed by atoms with Gasteiger partial charge in [-0.15, -0.1) is 0 Å². The summed E-state index contributed by atoms with van der Waals surface area (Å²) in [7, 11) is 0. The summed E-state index contributed by atoms with van der Waals surface area (Å²) in [6, 6.07) is 12.4. The van der Waals surface area contributed by atoms with Crippen LogP contribution in [0.15, 0.2) is 55.0 Å². The molecule has 0 unspecified atom stereocenters. The molecule has 3 heterocycles. The Morgan fingerprint density at radius 3 is 2.81 bits per heavy atom. The fourth-order valence-electron chi connectivity index (χ4n) is 2.59. The Kier molecular flexibility index (Phi) is 3.95. The Labute approximate surface area is 152 Å². The molecule has 1 aromatic carbocycles. The first-order valence-electron chi connectivity index (χ1n) is 7.58. The molecule has 0 amide bonds. The second-order valence-electron chi connectivity index (χ2n) is 5.38. The number of nitriles is 1. The molecule has 3 aromatic heterocycles. The quantitative estimate of drug-likeness (QED) is 0.588. The highest BCUT2D eigenvalue weighted by Crippen LogP contribution is 2.29. The molecule has 26 heavy (non-hydrogen) atoms. The van der Waals surface area contributed by atoms with Crippen LogP contribution in [0.2, 0.25) is 5.02 Å². The molecule has 0 bridgehead atoms. The lowest BCUT2D eigenvalue weighted by atomic mass is 10.2. The molecule has 0 aliphatic carbocycles. The zero-order chi connectivity index (χ0) is 18.1. The van der Waals surface area contributed by atoms with Crippen LogP contribution in [0.1, 0.15) is 5.56 Å². The van der Waals surface area contributed by atoms with Crippen LogP contribution < -0.4 is 5.32 Å². The average Bonchev–Trinajstić information content (AvgIpc) is 3.10. The van der Waals surface area contributed by atoms with Crippen molar-refractivity contribution in [3.05, 3.63) is 71.4 Å². The van der Waals surface area contributed by atoms with E-state index < -0.39 is 5.82 Å². The number of rotatable bonds is 3.